The summed E-state index contributed by atoms with van der Waals surface area (Å²) in [6, 6.07) is 7.21. The molecule has 8 nitrogen and oxygen atoms in total. The average molecular weight is 495 g/mol. The Kier molecular flexibility index (Phi) is 7.46. The van der Waals surface area contributed by atoms with Crippen molar-refractivity contribution in [1.82, 2.24) is 29.9 Å². The quantitative estimate of drug-likeness (QED) is 0.381. The van der Waals surface area contributed by atoms with Gasteiger partial charge >= 0.3 is 0 Å². The maximum Gasteiger partial charge on any atom is 0.135 e. The van der Waals surface area contributed by atoms with Crippen LogP contribution in [0.5, 0.6) is 0 Å². The Labute approximate surface area is 207 Å². The van der Waals surface area contributed by atoms with Gasteiger partial charge in [0.25, 0.3) is 0 Å². The van der Waals surface area contributed by atoms with Crippen LogP contribution >= 0.6 is 0 Å². The number of aliphatic hydroxyl groups is 2. The number of aliphatic hydroxyl groups excluding tert-OH is 2. The summed E-state index contributed by atoms with van der Waals surface area (Å²) >= 11 is 0. The minimum absolute atomic E-state index is 0.0129. The van der Waals surface area contributed by atoms with E-state index < -0.39 is 17.7 Å². The Hall–Kier alpha value is -3.63. The minimum Gasteiger partial charge on any atom is -0.394 e. The molecule has 4 aromatic rings. The van der Waals surface area contributed by atoms with E-state index in [1.54, 1.807) is 23.1 Å². The summed E-state index contributed by atoms with van der Waals surface area (Å²) in [5.74, 6) is -1.68. The van der Waals surface area contributed by atoms with Gasteiger partial charge in [-0.05, 0) is 42.7 Å². The molecule has 0 amide bonds. The van der Waals surface area contributed by atoms with Crippen LogP contribution in [-0.4, -0.2) is 52.9 Å². The van der Waals surface area contributed by atoms with Crippen molar-refractivity contribution in [1.29, 1.82) is 0 Å². The van der Waals surface area contributed by atoms with E-state index >= 15 is 0 Å². The number of rotatable bonds is 8. The number of aromatic nitrogens is 6. The number of nitrogens with zero attached hydrogens (tertiary/aromatic N) is 6. The zero-order valence-electron chi connectivity index (χ0n) is 20.5. The number of aryl methyl sites for hydroxylation is 1. The third kappa shape index (κ3) is 5.14. The molecule has 2 N–H and O–H groups in total. The molecule has 0 saturated heterocycles. The zero-order valence-corrected chi connectivity index (χ0v) is 20.5. The fourth-order valence-corrected chi connectivity index (χ4v) is 4.01. The van der Waals surface area contributed by atoms with E-state index in [-0.39, 0.29) is 36.2 Å². The number of benzene rings is 1. The van der Waals surface area contributed by atoms with Gasteiger partial charge in [-0.25, -0.2) is 13.8 Å². The first-order valence-corrected chi connectivity index (χ1v) is 11.7. The van der Waals surface area contributed by atoms with Gasteiger partial charge in [-0.3, -0.25) is 9.67 Å². The monoisotopic (exact) mass is 494 g/mol. The van der Waals surface area contributed by atoms with E-state index in [1.165, 1.54) is 18.2 Å². The van der Waals surface area contributed by atoms with Gasteiger partial charge in [0.15, 0.2) is 0 Å². The van der Waals surface area contributed by atoms with E-state index in [1.807, 2.05) is 33.8 Å². The molecule has 188 valence electrons. The summed E-state index contributed by atoms with van der Waals surface area (Å²) in [5.41, 5.74) is 3.95. The lowest BCUT2D eigenvalue weighted by molar-refractivity contribution is 0.0778. The average Bonchev–Trinajstić information content (AvgIpc) is 3.23. The molecule has 0 aliphatic carbocycles. The number of hydrogen-bond donors (Lipinski definition) is 2. The molecule has 3 aromatic heterocycles. The molecular weight excluding hydrogens is 466 g/mol. The van der Waals surface area contributed by atoms with Crippen LogP contribution in [0.25, 0.3) is 22.6 Å². The largest absolute Gasteiger partial charge is 0.394 e. The van der Waals surface area contributed by atoms with Crippen LogP contribution in [-0.2, 0) is 6.54 Å². The van der Waals surface area contributed by atoms with Crippen LogP contribution in [0.4, 0.5) is 8.78 Å². The SMILES string of the molecule is Cc1cc(-c2cncc(C(C)c3nnc(-c4c(F)cccc4F)cc3C(C)C)n2)nn1C[C@@H](O)CO. The van der Waals surface area contributed by atoms with Crippen LogP contribution in [0.1, 0.15) is 55.3 Å². The van der Waals surface area contributed by atoms with E-state index in [2.05, 4.69) is 20.3 Å². The summed E-state index contributed by atoms with van der Waals surface area (Å²) in [4.78, 5) is 9.08. The van der Waals surface area contributed by atoms with Crippen LogP contribution in [0.3, 0.4) is 0 Å². The highest BCUT2D eigenvalue weighted by atomic mass is 19.1. The summed E-state index contributed by atoms with van der Waals surface area (Å²) in [6.07, 6.45) is 2.33. The maximum absolute atomic E-state index is 14.4. The Balaban J connectivity index is 1.69. The molecule has 2 atom stereocenters. The van der Waals surface area contributed by atoms with Gasteiger partial charge in [0, 0.05) is 17.8 Å². The first kappa shape index (κ1) is 25.5. The van der Waals surface area contributed by atoms with Gasteiger partial charge in [-0.1, -0.05) is 26.8 Å². The summed E-state index contributed by atoms with van der Waals surface area (Å²) in [7, 11) is 0. The predicted molar refractivity (Wildman–Crippen MR) is 130 cm³/mol. The highest BCUT2D eigenvalue weighted by Gasteiger charge is 2.23. The molecule has 4 rings (SSSR count). The molecule has 1 unspecified atom stereocenters. The van der Waals surface area contributed by atoms with Gasteiger partial charge in [0.1, 0.15) is 23.0 Å². The molecule has 0 radical (unpaired) electrons. The van der Waals surface area contributed by atoms with Gasteiger partial charge in [0.05, 0.1) is 48.1 Å². The van der Waals surface area contributed by atoms with Crippen molar-refractivity contribution in [2.75, 3.05) is 6.61 Å². The van der Waals surface area contributed by atoms with Crippen molar-refractivity contribution in [2.45, 2.75) is 52.2 Å². The van der Waals surface area contributed by atoms with E-state index in [9.17, 15) is 13.9 Å². The lowest BCUT2D eigenvalue weighted by Crippen LogP contribution is -2.21. The molecule has 0 spiro atoms. The fraction of sp³-hybridized carbons (Fsp3) is 0.346. The first-order chi connectivity index (χ1) is 17.2. The van der Waals surface area contributed by atoms with Crippen molar-refractivity contribution in [3.63, 3.8) is 0 Å². The van der Waals surface area contributed by atoms with Crippen molar-refractivity contribution < 1.29 is 19.0 Å². The van der Waals surface area contributed by atoms with E-state index in [4.69, 9.17) is 10.1 Å². The highest BCUT2D eigenvalue weighted by Crippen LogP contribution is 2.32. The summed E-state index contributed by atoms with van der Waals surface area (Å²) < 4.78 is 30.3. The Bertz CT molecular complexity index is 1350. The van der Waals surface area contributed by atoms with Crippen LogP contribution in [0.15, 0.2) is 42.7 Å². The Morgan fingerprint density at radius 3 is 2.36 bits per heavy atom. The molecule has 0 aliphatic rings. The first-order valence-electron chi connectivity index (χ1n) is 11.7. The van der Waals surface area contributed by atoms with E-state index in [0.717, 1.165) is 11.3 Å². The lowest BCUT2D eigenvalue weighted by atomic mass is 9.92. The van der Waals surface area contributed by atoms with Gasteiger partial charge in [0.2, 0.25) is 0 Å². The molecule has 10 heteroatoms. The number of hydrogen-bond acceptors (Lipinski definition) is 7. The lowest BCUT2D eigenvalue weighted by Gasteiger charge is -2.18. The molecule has 36 heavy (non-hydrogen) atoms. The predicted octanol–water partition coefficient (Wildman–Crippen LogP) is 4.01. The zero-order chi connectivity index (χ0) is 26.0. The third-order valence-electron chi connectivity index (χ3n) is 6.04. The van der Waals surface area contributed by atoms with E-state index in [0.29, 0.717) is 22.8 Å². The molecule has 0 fully saturated rings. The van der Waals surface area contributed by atoms with Gasteiger partial charge < -0.3 is 10.2 Å². The fourth-order valence-electron chi connectivity index (χ4n) is 4.01. The topological polar surface area (TPSA) is 110 Å². The standard InChI is InChI=1S/C26H28F2N6O2/c1-14(2)18-9-22(25-19(27)6-5-7-20(25)28)31-32-26(18)16(4)23-10-29-11-24(30-23)21-8-15(3)34(33-21)12-17(36)13-35/h5-11,14,16-17,35-36H,12-13H2,1-4H3/t16?,17-/m1/s1. The highest BCUT2D eigenvalue weighted by molar-refractivity contribution is 5.61. The second-order valence-corrected chi connectivity index (χ2v) is 9.06. The second-order valence-electron chi connectivity index (χ2n) is 9.06. The van der Waals surface area contributed by atoms with Crippen LogP contribution < -0.4 is 0 Å². The minimum atomic E-state index is -0.914. The van der Waals surface area contributed by atoms with Crippen molar-refractivity contribution >= 4 is 0 Å². The molecule has 3 heterocycles. The third-order valence-corrected chi connectivity index (χ3v) is 6.04. The molecular formula is C26H28F2N6O2. The van der Waals surface area contributed by atoms with Gasteiger partial charge in [-0.2, -0.15) is 15.3 Å². The molecule has 0 bridgehead atoms. The Morgan fingerprint density at radius 2 is 1.69 bits per heavy atom. The smallest absolute Gasteiger partial charge is 0.135 e. The van der Waals surface area contributed by atoms with Crippen LogP contribution in [0.2, 0.25) is 0 Å². The normalized spacial score (nSPS) is 13.2. The Morgan fingerprint density at radius 1 is 0.972 bits per heavy atom. The molecule has 0 saturated carbocycles. The van der Waals surface area contributed by atoms with Crippen molar-refractivity contribution in [2.24, 2.45) is 0 Å². The molecule has 0 aliphatic heterocycles. The molecule has 1 aromatic carbocycles. The number of halogens is 2. The van der Waals surface area contributed by atoms with Crippen molar-refractivity contribution in [3.8, 4) is 22.6 Å². The van der Waals surface area contributed by atoms with Gasteiger partial charge in [-0.15, -0.1) is 0 Å². The van der Waals surface area contributed by atoms with Crippen molar-refractivity contribution in [3.05, 3.63) is 77.0 Å². The summed E-state index contributed by atoms with van der Waals surface area (Å²) in [6.45, 7) is 7.54. The van der Waals surface area contributed by atoms with Crippen LogP contribution in [0, 0.1) is 18.6 Å². The second kappa shape index (κ2) is 10.5. The maximum atomic E-state index is 14.4. The summed E-state index contributed by atoms with van der Waals surface area (Å²) in [5, 5.41) is 31.9.